The number of nitrogens with zero attached hydrogens (tertiary/aromatic N) is 5. The fourth-order valence-corrected chi connectivity index (χ4v) is 3.17. The van der Waals surface area contributed by atoms with Gasteiger partial charge >= 0.3 is 0 Å². The normalized spacial score (nSPS) is 27.0. The molecule has 2 fully saturated rings. The van der Waals surface area contributed by atoms with Gasteiger partial charge in [-0.05, 0) is 43.2 Å². The average Bonchev–Trinajstić information content (AvgIpc) is 2.50. The first-order chi connectivity index (χ1) is 10.1. The summed E-state index contributed by atoms with van der Waals surface area (Å²) >= 11 is 6.09. The van der Waals surface area contributed by atoms with E-state index in [1.54, 1.807) is 0 Å². The van der Waals surface area contributed by atoms with Crippen LogP contribution in [0.2, 0.25) is 5.28 Å². The highest BCUT2D eigenvalue weighted by atomic mass is 35.5. The predicted octanol–water partition coefficient (Wildman–Crippen LogP) is 1.72. The summed E-state index contributed by atoms with van der Waals surface area (Å²) in [6.45, 7) is 5.52. The molecule has 0 aliphatic carbocycles. The van der Waals surface area contributed by atoms with Gasteiger partial charge in [0.15, 0.2) is 0 Å². The molecular weight excluding hydrogens is 290 g/mol. The van der Waals surface area contributed by atoms with Crippen LogP contribution in [0.3, 0.4) is 0 Å². The molecule has 2 unspecified atom stereocenters. The lowest BCUT2D eigenvalue weighted by Gasteiger charge is -2.35. The van der Waals surface area contributed by atoms with E-state index in [0.717, 1.165) is 32.6 Å². The Hall–Kier alpha value is -1.14. The molecule has 1 aromatic heterocycles. The second-order valence-electron chi connectivity index (χ2n) is 6.03. The van der Waals surface area contributed by atoms with Crippen LogP contribution < -0.4 is 9.80 Å². The zero-order chi connectivity index (χ0) is 14.8. The quantitative estimate of drug-likeness (QED) is 0.897. The molecule has 2 aliphatic heterocycles. The molecule has 21 heavy (non-hydrogen) atoms. The van der Waals surface area contributed by atoms with E-state index in [1.165, 1.54) is 19.3 Å². The van der Waals surface area contributed by atoms with Gasteiger partial charge in [-0.15, -0.1) is 0 Å². The number of aliphatic hydroxyl groups is 1. The van der Waals surface area contributed by atoms with Gasteiger partial charge in [-0.2, -0.15) is 15.0 Å². The summed E-state index contributed by atoms with van der Waals surface area (Å²) in [5.41, 5.74) is 0. The fraction of sp³-hybridized carbons (Fsp3) is 0.786. The van der Waals surface area contributed by atoms with Crippen molar-refractivity contribution in [2.75, 3.05) is 36.0 Å². The van der Waals surface area contributed by atoms with Crippen molar-refractivity contribution in [3.8, 4) is 0 Å². The van der Waals surface area contributed by atoms with Crippen LogP contribution in [-0.2, 0) is 0 Å². The van der Waals surface area contributed by atoms with Crippen LogP contribution in [0.25, 0.3) is 0 Å². The Kier molecular flexibility index (Phi) is 4.45. The number of anilines is 2. The molecule has 0 radical (unpaired) electrons. The van der Waals surface area contributed by atoms with E-state index in [-0.39, 0.29) is 17.3 Å². The molecule has 0 aromatic carbocycles. The highest BCUT2D eigenvalue weighted by molar-refractivity contribution is 6.28. The molecule has 2 saturated heterocycles. The van der Waals surface area contributed by atoms with Crippen LogP contribution in [-0.4, -0.2) is 52.3 Å². The van der Waals surface area contributed by atoms with Crippen molar-refractivity contribution in [1.82, 2.24) is 15.0 Å². The van der Waals surface area contributed by atoms with Gasteiger partial charge in [0, 0.05) is 26.2 Å². The Balaban J connectivity index is 1.80. The van der Waals surface area contributed by atoms with Crippen LogP contribution >= 0.6 is 11.6 Å². The lowest BCUT2D eigenvalue weighted by Crippen LogP contribution is -2.43. The highest BCUT2D eigenvalue weighted by Gasteiger charge is 2.27. The molecule has 0 bridgehead atoms. The summed E-state index contributed by atoms with van der Waals surface area (Å²) in [6, 6.07) is 0. The summed E-state index contributed by atoms with van der Waals surface area (Å²) in [7, 11) is 0. The molecule has 3 rings (SSSR count). The first-order valence-electron chi connectivity index (χ1n) is 7.73. The summed E-state index contributed by atoms with van der Waals surface area (Å²) in [5.74, 6) is 1.53. The summed E-state index contributed by atoms with van der Waals surface area (Å²) < 4.78 is 0. The Morgan fingerprint density at radius 3 is 2.33 bits per heavy atom. The first kappa shape index (κ1) is 14.8. The van der Waals surface area contributed by atoms with Crippen molar-refractivity contribution in [3.05, 3.63) is 5.28 Å². The molecule has 7 heteroatoms. The minimum absolute atomic E-state index is 0.215. The number of aromatic nitrogens is 3. The third-order valence-electron chi connectivity index (χ3n) is 4.37. The minimum atomic E-state index is -0.236. The Morgan fingerprint density at radius 1 is 1.00 bits per heavy atom. The summed E-state index contributed by atoms with van der Waals surface area (Å²) in [6.07, 6.45) is 4.12. The van der Waals surface area contributed by atoms with Crippen LogP contribution in [0.4, 0.5) is 11.9 Å². The number of halogens is 1. The molecule has 2 atom stereocenters. The van der Waals surface area contributed by atoms with Crippen molar-refractivity contribution >= 4 is 23.5 Å². The third-order valence-corrected chi connectivity index (χ3v) is 4.54. The molecule has 2 aliphatic rings. The van der Waals surface area contributed by atoms with E-state index < -0.39 is 0 Å². The monoisotopic (exact) mass is 311 g/mol. The van der Waals surface area contributed by atoms with Gasteiger partial charge in [0.25, 0.3) is 0 Å². The fourth-order valence-electron chi connectivity index (χ4n) is 3.02. The van der Waals surface area contributed by atoms with Crippen LogP contribution in [0.15, 0.2) is 0 Å². The molecule has 3 heterocycles. The maximum absolute atomic E-state index is 9.84. The second kappa shape index (κ2) is 6.32. The van der Waals surface area contributed by atoms with Gasteiger partial charge in [0.2, 0.25) is 17.2 Å². The van der Waals surface area contributed by atoms with E-state index in [1.807, 2.05) is 6.92 Å². The van der Waals surface area contributed by atoms with Gasteiger partial charge in [0.05, 0.1) is 6.10 Å². The van der Waals surface area contributed by atoms with Crippen LogP contribution in [0.1, 0.15) is 32.6 Å². The summed E-state index contributed by atoms with van der Waals surface area (Å²) in [5, 5.41) is 10.1. The molecule has 1 N–H and O–H groups in total. The molecule has 1 aromatic rings. The van der Waals surface area contributed by atoms with E-state index in [4.69, 9.17) is 11.6 Å². The van der Waals surface area contributed by atoms with Crippen molar-refractivity contribution in [2.24, 2.45) is 5.92 Å². The van der Waals surface area contributed by atoms with Crippen molar-refractivity contribution in [3.63, 3.8) is 0 Å². The Bertz CT molecular complexity index is 494. The van der Waals surface area contributed by atoms with Gasteiger partial charge in [-0.1, -0.05) is 6.92 Å². The highest BCUT2D eigenvalue weighted by Crippen LogP contribution is 2.24. The van der Waals surface area contributed by atoms with Crippen molar-refractivity contribution < 1.29 is 5.11 Å². The Labute approximate surface area is 130 Å². The maximum atomic E-state index is 9.84. The van der Waals surface area contributed by atoms with Gasteiger partial charge in [-0.3, -0.25) is 0 Å². The SMILES string of the molecule is CC1CN(c2nc(Cl)nc(N3CCCCC3)n2)CCC1O. The lowest BCUT2D eigenvalue weighted by atomic mass is 9.97. The molecule has 0 saturated carbocycles. The number of piperidine rings is 2. The third kappa shape index (κ3) is 3.37. The van der Waals surface area contributed by atoms with Gasteiger partial charge in [-0.25, -0.2) is 0 Å². The molecule has 116 valence electrons. The smallest absolute Gasteiger partial charge is 0.231 e. The average molecular weight is 312 g/mol. The van der Waals surface area contributed by atoms with Gasteiger partial charge in [0.1, 0.15) is 0 Å². The predicted molar refractivity (Wildman–Crippen MR) is 82.9 cm³/mol. The number of hydrogen-bond donors (Lipinski definition) is 1. The molecule has 0 spiro atoms. The Morgan fingerprint density at radius 2 is 1.67 bits per heavy atom. The minimum Gasteiger partial charge on any atom is -0.393 e. The molecule has 6 nitrogen and oxygen atoms in total. The first-order valence-corrected chi connectivity index (χ1v) is 8.11. The number of rotatable bonds is 2. The van der Waals surface area contributed by atoms with Crippen molar-refractivity contribution in [2.45, 2.75) is 38.7 Å². The number of aliphatic hydroxyl groups excluding tert-OH is 1. The van der Waals surface area contributed by atoms with Crippen molar-refractivity contribution in [1.29, 1.82) is 0 Å². The van der Waals surface area contributed by atoms with E-state index in [2.05, 4.69) is 24.8 Å². The number of hydrogen-bond acceptors (Lipinski definition) is 6. The largest absolute Gasteiger partial charge is 0.393 e. The van der Waals surface area contributed by atoms with E-state index in [0.29, 0.717) is 11.9 Å². The molecule has 0 amide bonds. The standard InChI is InChI=1S/C14H22ClN5O/c1-10-9-20(8-5-11(10)21)14-17-12(15)16-13(18-14)19-6-3-2-4-7-19/h10-11,21H,2-9H2,1H3. The second-order valence-corrected chi connectivity index (χ2v) is 6.37. The zero-order valence-corrected chi connectivity index (χ0v) is 13.1. The lowest BCUT2D eigenvalue weighted by molar-refractivity contribution is 0.0966. The van der Waals surface area contributed by atoms with Crippen LogP contribution in [0, 0.1) is 5.92 Å². The summed E-state index contributed by atoms with van der Waals surface area (Å²) in [4.78, 5) is 17.4. The van der Waals surface area contributed by atoms with Gasteiger partial charge < -0.3 is 14.9 Å². The van der Waals surface area contributed by atoms with Crippen LogP contribution in [0.5, 0.6) is 0 Å². The van der Waals surface area contributed by atoms with E-state index in [9.17, 15) is 5.11 Å². The molecular formula is C14H22ClN5O. The maximum Gasteiger partial charge on any atom is 0.231 e. The topological polar surface area (TPSA) is 65.4 Å². The van der Waals surface area contributed by atoms with E-state index >= 15 is 0 Å². The zero-order valence-electron chi connectivity index (χ0n) is 12.4.